The molecule has 160 valence electrons. The van der Waals surface area contributed by atoms with Gasteiger partial charge in [0, 0.05) is 31.9 Å². The topological polar surface area (TPSA) is 6.48 Å². The fraction of sp³-hybridized carbons (Fsp3) is 0.750. The summed E-state index contributed by atoms with van der Waals surface area (Å²) < 4.78 is 14.1. The molecule has 0 aromatic heterocycles. The van der Waals surface area contributed by atoms with Gasteiger partial charge in [-0.3, -0.25) is 4.90 Å². The van der Waals surface area contributed by atoms with Crippen LogP contribution in [0.15, 0.2) is 18.2 Å². The maximum atomic E-state index is 14.1. The maximum Gasteiger partial charge on any atom is 0.123 e. The summed E-state index contributed by atoms with van der Waals surface area (Å²) in [6.45, 7) is 15.0. The van der Waals surface area contributed by atoms with Gasteiger partial charge in [0.15, 0.2) is 0 Å². The molecule has 0 atom stereocenters. The first-order valence-electron chi connectivity index (χ1n) is 11.1. The smallest absolute Gasteiger partial charge is 0.123 e. The molecule has 28 heavy (non-hydrogen) atoms. The fourth-order valence-corrected chi connectivity index (χ4v) is 5.00. The number of anilines is 1. The van der Waals surface area contributed by atoms with Crippen molar-refractivity contribution in [1.29, 1.82) is 0 Å². The van der Waals surface area contributed by atoms with Crippen LogP contribution in [-0.4, -0.2) is 37.6 Å². The van der Waals surface area contributed by atoms with E-state index < -0.39 is 0 Å². The second-order valence-electron chi connectivity index (χ2n) is 9.80. The third kappa shape index (κ3) is 5.86. The van der Waals surface area contributed by atoms with Gasteiger partial charge >= 0.3 is 0 Å². The van der Waals surface area contributed by atoms with Crippen molar-refractivity contribution in [1.82, 2.24) is 4.90 Å². The number of halogens is 2. The molecule has 1 saturated carbocycles. The molecule has 0 amide bonds. The van der Waals surface area contributed by atoms with Crippen molar-refractivity contribution in [2.24, 2.45) is 11.3 Å². The van der Waals surface area contributed by atoms with E-state index in [1.807, 2.05) is 12.1 Å². The molecule has 0 bridgehead atoms. The molecule has 0 N–H and O–H groups in total. The summed E-state index contributed by atoms with van der Waals surface area (Å²) in [5.74, 6) is 1.24. The highest BCUT2D eigenvalue weighted by molar-refractivity contribution is 5.85. The van der Waals surface area contributed by atoms with E-state index in [1.165, 1.54) is 56.3 Å². The molecule has 2 nitrogen and oxygen atoms in total. The molecule has 1 aliphatic carbocycles. The van der Waals surface area contributed by atoms with Gasteiger partial charge in [-0.05, 0) is 79.7 Å². The first-order valence-corrected chi connectivity index (χ1v) is 11.1. The van der Waals surface area contributed by atoms with E-state index in [-0.39, 0.29) is 18.2 Å². The molecule has 4 heteroatoms. The monoisotopic (exact) mass is 410 g/mol. The van der Waals surface area contributed by atoms with E-state index in [4.69, 9.17) is 0 Å². The van der Waals surface area contributed by atoms with Crippen molar-refractivity contribution < 1.29 is 4.39 Å². The molecule has 0 radical (unpaired) electrons. The van der Waals surface area contributed by atoms with E-state index in [2.05, 4.69) is 37.5 Å². The zero-order chi connectivity index (χ0) is 19.4. The van der Waals surface area contributed by atoms with E-state index in [1.54, 1.807) is 6.07 Å². The second-order valence-corrected chi connectivity index (χ2v) is 9.80. The lowest BCUT2D eigenvalue weighted by molar-refractivity contribution is 0.169. The SMILES string of the molecule is CCCCN1CCN(c2ccc(F)cc2C2CCC(C(C)(C)C)CC2)CC1.Cl. The van der Waals surface area contributed by atoms with Crippen molar-refractivity contribution in [2.75, 3.05) is 37.6 Å². The minimum absolute atomic E-state index is 0. The highest BCUT2D eigenvalue weighted by Gasteiger charge is 2.32. The quantitative estimate of drug-likeness (QED) is 0.547. The normalized spacial score (nSPS) is 24.1. The minimum Gasteiger partial charge on any atom is -0.369 e. The summed E-state index contributed by atoms with van der Waals surface area (Å²) in [5, 5.41) is 0. The number of rotatable bonds is 5. The van der Waals surface area contributed by atoms with Crippen LogP contribution < -0.4 is 4.90 Å². The molecular formula is C24H40ClFN2. The highest BCUT2D eigenvalue weighted by Crippen LogP contribution is 2.45. The van der Waals surface area contributed by atoms with Crippen LogP contribution in [0, 0.1) is 17.2 Å². The molecule has 0 unspecified atom stereocenters. The molecule has 1 aromatic rings. The number of benzene rings is 1. The van der Waals surface area contributed by atoms with Gasteiger partial charge in [0.2, 0.25) is 0 Å². The Morgan fingerprint density at radius 1 is 1.00 bits per heavy atom. The summed E-state index contributed by atoms with van der Waals surface area (Å²) in [4.78, 5) is 5.09. The molecule has 2 aliphatic rings. The standard InChI is InChI=1S/C24H39FN2.ClH/c1-5-6-13-26-14-16-27(17-15-26)23-12-11-21(25)18-22(23)19-7-9-20(10-8-19)24(2,3)4;/h11-12,18-20H,5-10,13-17H2,1-4H3;1H. The molecule has 1 aliphatic heterocycles. The van der Waals surface area contributed by atoms with Crippen LogP contribution in [0.25, 0.3) is 0 Å². The predicted molar refractivity (Wildman–Crippen MR) is 121 cm³/mol. The fourth-order valence-electron chi connectivity index (χ4n) is 5.00. The van der Waals surface area contributed by atoms with Gasteiger partial charge in [0.1, 0.15) is 5.82 Å². The van der Waals surface area contributed by atoms with Gasteiger partial charge in [-0.15, -0.1) is 12.4 Å². The lowest BCUT2D eigenvalue weighted by atomic mass is 9.68. The molecule has 1 aromatic carbocycles. The Hall–Kier alpha value is -0.800. The zero-order valence-electron chi connectivity index (χ0n) is 18.3. The molecule has 0 spiro atoms. The van der Waals surface area contributed by atoms with E-state index >= 15 is 0 Å². The van der Waals surface area contributed by atoms with Crippen LogP contribution in [0.1, 0.15) is 77.7 Å². The second kappa shape index (κ2) is 10.3. The van der Waals surface area contributed by atoms with Gasteiger partial charge < -0.3 is 4.90 Å². The molecule has 1 heterocycles. The summed E-state index contributed by atoms with van der Waals surface area (Å²) in [6, 6.07) is 5.53. The zero-order valence-corrected chi connectivity index (χ0v) is 19.2. The lowest BCUT2D eigenvalue weighted by Gasteiger charge is -2.40. The predicted octanol–water partition coefficient (Wildman–Crippen LogP) is 6.49. The molecule has 1 saturated heterocycles. The Labute approximate surface area is 178 Å². The average molecular weight is 411 g/mol. The number of hydrogen-bond donors (Lipinski definition) is 0. The van der Waals surface area contributed by atoms with Crippen LogP contribution >= 0.6 is 12.4 Å². The largest absolute Gasteiger partial charge is 0.369 e. The Morgan fingerprint density at radius 3 is 2.21 bits per heavy atom. The maximum absolute atomic E-state index is 14.1. The molecule has 2 fully saturated rings. The van der Waals surface area contributed by atoms with Crippen LogP contribution in [0.5, 0.6) is 0 Å². The summed E-state index contributed by atoms with van der Waals surface area (Å²) in [5.41, 5.74) is 2.96. The van der Waals surface area contributed by atoms with Crippen LogP contribution in [0.4, 0.5) is 10.1 Å². The summed E-state index contributed by atoms with van der Waals surface area (Å²) in [7, 11) is 0. The Balaban J connectivity index is 0.00000280. The van der Waals surface area contributed by atoms with Gasteiger partial charge in [-0.25, -0.2) is 4.39 Å². The summed E-state index contributed by atoms with van der Waals surface area (Å²) in [6.07, 6.45) is 7.51. The van der Waals surface area contributed by atoms with E-state index in [0.29, 0.717) is 11.3 Å². The van der Waals surface area contributed by atoms with Crippen molar-refractivity contribution in [3.05, 3.63) is 29.6 Å². The third-order valence-electron chi connectivity index (χ3n) is 6.92. The first kappa shape index (κ1) is 23.5. The Bertz CT molecular complexity index is 597. The molecular weight excluding hydrogens is 371 g/mol. The first-order chi connectivity index (χ1) is 12.9. The van der Waals surface area contributed by atoms with Gasteiger partial charge in [-0.2, -0.15) is 0 Å². The van der Waals surface area contributed by atoms with Gasteiger partial charge in [0.25, 0.3) is 0 Å². The van der Waals surface area contributed by atoms with Crippen LogP contribution in [0.2, 0.25) is 0 Å². The molecule has 3 rings (SSSR count). The van der Waals surface area contributed by atoms with Gasteiger partial charge in [0.05, 0.1) is 0 Å². The number of hydrogen-bond acceptors (Lipinski definition) is 2. The van der Waals surface area contributed by atoms with E-state index in [9.17, 15) is 4.39 Å². The van der Waals surface area contributed by atoms with Crippen LogP contribution in [0.3, 0.4) is 0 Å². The van der Waals surface area contributed by atoms with Gasteiger partial charge in [-0.1, -0.05) is 34.1 Å². The van der Waals surface area contributed by atoms with Crippen LogP contribution in [-0.2, 0) is 0 Å². The Kier molecular flexibility index (Phi) is 8.63. The van der Waals surface area contributed by atoms with Crippen molar-refractivity contribution in [3.8, 4) is 0 Å². The highest BCUT2D eigenvalue weighted by atomic mass is 35.5. The third-order valence-corrected chi connectivity index (χ3v) is 6.92. The Morgan fingerprint density at radius 2 is 1.64 bits per heavy atom. The minimum atomic E-state index is -0.0757. The number of nitrogens with zero attached hydrogens (tertiary/aromatic N) is 2. The average Bonchev–Trinajstić information content (AvgIpc) is 2.66. The van der Waals surface area contributed by atoms with Crippen molar-refractivity contribution in [3.63, 3.8) is 0 Å². The summed E-state index contributed by atoms with van der Waals surface area (Å²) >= 11 is 0. The van der Waals surface area contributed by atoms with Crippen molar-refractivity contribution in [2.45, 2.75) is 72.1 Å². The lowest BCUT2D eigenvalue weighted by Crippen LogP contribution is -2.47. The number of unbranched alkanes of at least 4 members (excludes halogenated alkanes) is 1. The van der Waals surface area contributed by atoms with E-state index in [0.717, 1.165) is 32.1 Å². The number of piperazine rings is 1. The van der Waals surface area contributed by atoms with Crippen molar-refractivity contribution >= 4 is 18.1 Å².